The summed E-state index contributed by atoms with van der Waals surface area (Å²) >= 11 is 0. The molecule has 0 aromatic carbocycles. The fourth-order valence-electron chi connectivity index (χ4n) is 1.94. The van der Waals surface area contributed by atoms with E-state index in [1.807, 2.05) is 0 Å². The molecule has 0 aromatic heterocycles. The molecule has 0 bridgehead atoms. The topological polar surface area (TPSA) is 29.3 Å². The summed E-state index contributed by atoms with van der Waals surface area (Å²) in [5.74, 6) is 0.602. The van der Waals surface area contributed by atoms with Crippen molar-refractivity contribution < 1.29 is 0 Å². The number of hydrogen-bond donors (Lipinski definition) is 1. The minimum absolute atomic E-state index is 0.353. The van der Waals surface area contributed by atoms with Crippen LogP contribution in [-0.4, -0.2) is 30.6 Å². The predicted octanol–water partition coefficient (Wildman–Crippen LogP) is 2.87. The van der Waals surface area contributed by atoms with Crippen molar-refractivity contribution in [2.45, 2.75) is 65.5 Å². The van der Waals surface area contributed by atoms with Crippen molar-refractivity contribution in [1.29, 1.82) is 0 Å². The Morgan fingerprint density at radius 1 is 1.13 bits per heavy atom. The first-order valence-electron chi connectivity index (χ1n) is 6.48. The summed E-state index contributed by atoms with van der Waals surface area (Å²) in [6, 6.07) is 1.10. The molecule has 2 heteroatoms. The fourth-order valence-corrected chi connectivity index (χ4v) is 1.94. The smallest absolute Gasteiger partial charge is 0.00894 e. The van der Waals surface area contributed by atoms with Gasteiger partial charge in [0.2, 0.25) is 0 Å². The molecule has 0 aliphatic heterocycles. The van der Waals surface area contributed by atoms with Gasteiger partial charge in [-0.1, -0.05) is 34.1 Å². The van der Waals surface area contributed by atoms with Crippen LogP contribution >= 0.6 is 0 Å². The van der Waals surface area contributed by atoms with Gasteiger partial charge in [0.15, 0.2) is 0 Å². The third-order valence-corrected chi connectivity index (χ3v) is 3.39. The normalized spacial score (nSPS) is 16.0. The molecule has 15 heavy (non-hydrogen) atoms. The van der Waals surface area contributed by atoms with Crippen molar-refractivity contribution >= 4 is 0 Å². The number of rotatable bonds is 8. The largest absolute Gasteiger partial charge is 0.327 e. The highest BCUT2D eigenvalue weighted by molar-refractivity contribution is 4.71. The Bertz CT molecular complexity index is 145. The highest BCUT2D eigenvalue weighted by Crippen LogP contribution is 2.11. The summed E-state index contributed by atoms with van der Waals surface area (Å²) in [5.41, 5.74) is 6.05. The zero-order chi connectivity index (χ0) is 11.8. The molecule has 2 nitrogen and oxygen atoms in total. The van der Waals surface area contributed by atoms with Gasteiger partial charge in [0.05, 0.1) is 0 Å². The van der Waals surface area contributed by atoms with Crippen LogP contribution < -0.4 is 5.73 Å². The molecule has 0 amide bonds. The molecule has 0 fully saturated rings. The van der Waals surface area contributed by atoms with E-state index in [-0.39, 0.29) is 0 Å². The lowest BCUT2D eigenvalue weighted by molar-refractivity contribution is 0.210. The van der Waals surface area contributed by atoms with Gasteiger partial charge in [0.25, 0.3) is 0 Å². The maximum Gasteiger partial charge on any atom is 0.00894 e. The van der Waals surface area contributed by atoms with Gasteiger partial charge in [-0.15, -0.1) is 0 Å². The van der Waals surface area contributed by atoms with Crippen molar-refractivity contribution in [1.82, 2.24) is 4.90 Å². The minimum atomic E-state index is 0.353. The van der Waals surface area contributed by atoms with Crippen LogP contribution in [0.3, 0.4) is 0 Å². The van der Waals surface area contributed by atoms with Gasteiger partial charge in [-0.05, 0) is 38.8 Å². The molecular weight excluding hydrogens is 184 g/mol. The number of nitrogens with zero attached hydrogens (tertiary/aromatic N) is 1. The molecule has 2 unspecified atom stereocenters. The van der Waals surface area contributed by atoms with E-state index >= 15 is 0 Å². The fraction of sp³-hybridized carbons (Fsp3) is 1.00. The third-order valence-electron chi connectivity index (χ3n) is 3.39. The van der Waals surface area contributed by atoms with Gasteiger partial charge in [-0.25, -0.2) is 0 Å². The Morgan fingerprint density at radius 2 is 1.73 bits per heavy atom. The van der Waals surface area contributed by atoms with E-state index in [4.69, 9.17) is 5.73 Å². The molecule has 0 aliphatic carbocycles. The first-order chi connectivity index (χ1) is 7.02. The Kier molecular flexibility index (Phi) is 8.07. The van der Waals surface area contributed by atoms with Gasteiger partial charge in [-0.2, -0.15) is 0 Å². The average molecular weight is 214 g/mol. The molecule has 0 radical (unpaired) electrons. The Labute approximate surface area is 96.2 Å². The summed E-state index contributed by atoms with van der Waals surface area (Å²) in [7, 11) is 2.23. The van der Waals surface area contributed by atoms with E-state index in [0.29, 0.717) is 12.0 Å². The predicted molar refractivity (Wildman–Crippen MR) is 69.0 cm³/mol. The van der Waals surface area contributed by atoms with Crippen LogP contribution in [0.25, 0.3) is 0 Å². The monoisotopic (exact) mass is 214 g/mol. The van der Waals surface area contributed by atoms with Crippen molar-refractivity contribution in [3.05, 3.63) is 0 Å². The average Bonchev–Trinajstić information content (AvgIpc) is 2.21. The molecule has 0 rings (SSSR count). The van der Waals surface area contributed by atoms with E-state index in [1.165, 1.54) is 19.3 Å². The number of hydrogen-bond acceptors (Lipinski definition) is 2. The van der Waals surface area contributed by atoms with Gasteiger partial charge < -0.3 is 10.6 Å². The summed E-state index contributed by atoms with van der Waals surface area (Å²) < 4.78 is 0. The summed E-state index contributed by atoms with van der Waals surface area (Å²) in [6.45, 7) is 10.1. The van der Waals surface area contributed by atoms with Gasteiger partial charge in [0.1, 0.15) is 0 Å². The lowest BCUT2D eigenvalue weighted by atomic mass is 10.0. The zero-order valence-electron chi connectivity index (χ0n) is 11.3. The van der Waals surface area contributed by atoms with Gasteiger partial charge >= 0.3 is 0 Å². The highest BCUT2D eigenvalue weighted by atomic mass is 15.1. The maximum absolute atomic E-state index is 6.05. The molecule has 0 saturated carbocycles. The van der Waals surface area contributed by atoms with Crippen LogP contribution in [0.2, 0.25) is 0 Å². The molecule has 0 aliphatic rings. The second-order valence-corrected chi connectivity index (χ2v) is 5.03. The SMILES string of the molecule is CCCC(CC)N(C)CCC(N)C(C)C. The molecule has 92 valence electrons. The molecule has 2 atom stereocenters. The molecule has 2 N–H and O–H groups in total. The van der Waals surface area contributed by atoms with Crippen LogP contribution in [0.5, 0.6) is 0 Å². The second-order valence-electron chi connectivity index (χ2n) is 5.03. The van der Waals surface area contributed by atoms with Crippen molar-refractivity contribution in [3.8, 4) is 0 Å². The summed E-state index contributed by atoms with van der Waals surface area (Å²) in [6.07, 6.45) is 4.96. The van der Waals surface area contributed by atoms with Crippen molar-refractivity contribution in [2.24, 2.45) is 11.7 Å². The van der Waals surface area contributed by atoms with Crippen LogP contribution in [0.15, 0.2) is 0 Å². The molecule has 0 saturated heterocycles. The molecule has 0 spiro atoms. The van der Waals surface area contributed by atoms with Crippen LogP contribution in [-0.2, 0) is 0 Å². The van der Waals surface area contributed by atoms with E-state index in [0.717, 1.165) is 19.0 Å². The van der Waals surface area contributed by atoms with Crippen molar-refractivity contribution in [3.63, 3.8) is 0 Å². The maximum atomic E-state index is 6.05. The Morgan fingerprint density at radius 3 is 2.13 bits per heavy atom. The van der Waals surface area contributed by atoms with Gasteiger partial charge in [0, 0.05) is 12.1 Å². The Hall–Kier alpha value is -0.0800. The van der Waals surface area contributed by atoms with Crippen molar-refractivity contribution in [2.75, 3.05) is 13.6 Å². The zero-order valence-corrected chi connectivity index (χ0v) is 11.3. The Balaban J connectivity index is 3.84. The molecular formula is C13H30N2. The quantitative estimate of drug-likeness (QED) is 0.673. The van der Waals surface area contributed by atoms with E-state index < -0.39 is 0 Å². The summed E-state index contributed by atoms with van der Waals surface area (Å²) in [5, 5.41) is 0. The van der Waals surface area contributed by atoms with Crippen LogP contribution in [0.1, 0.15) is 53.4 Å². The van der Waals surface area contributed by atoms with Crippen LogP contribution in [0.4, 0.5) is 0 Å². The standard InChI is InChI=1S/C13H30N2/c1-6-8-12(7-2)15(5)10-9-13(14)11(3)4/h11-13H,6-10,14H2,1-5H3. The molecule has 0 heterocycles. The van der Waals surface area contributed by atoms with E-state index in [2.05, 4.69) is 39.6 Å². The lowest BCUT2D eigenvalue weighted by Crippen LogP contribution is -2.36. The number of nitrogens with two attached hydrogens (primary N) is 1. The lowest BCUT2D eigenvalue weighted by Gasteiger charge is -2.28. The highest BCUT2D eigenvalue weighted by Gasteiger charge is 2.14. The first kappa shape index (κ1) is 14.9. The van der Waals surface area contributed by atoms with E-state index in [9.17, 15) is 0 Å². The van der Waals surface area contributed by atoms with Crippen LogP contribution in [0, 0.1) is 5.92 Å². The first-order valence-corrected chi connectivity index (χ1v) is 6.48. The van der Waals surface area contributed by atoms with Gasteiger partial charge in [-0.3, -0.25) is 0 Å². The van der Waals surface area contributed by atoms with E-state index in [1.54, 1.807) is 0 Å². The second kappa shape index (κ2) is 8.12. The molecule has 0 aromatic rings. The summed E-state index contributed by atoms with van der Waals surface area (Å²) in [4.78, 5) is 2.48. The third kappa shape index (κ3) is 6.16. The minimum Gasteiger partial charge on any atom is -0.327 e.